The maximum absolute atomic E-state index is 6.00. The maximum atomic E-state index is 6.00. The van der Waals surface area contributed by atoms with E-state index in [1.165, 1.54) is 5.47 Å². The molecule has 0 aromatic heterocycles. The van der Waals surface area contributed by atoms with Crippen molar-refractivity contribution in [3.63, 3.8) is 0 Å². The van der Waals surface area contributed by atoms with Gasteiger partial charge < -0.3 is 14.0 Å². The van der Waals surface area contributed by atoms with Crippen molar-refractivity contribution in [1.29, 1.82) is 0 Å². The molecule has 2 saturated heterocycles. The minimum absolute atomic E-state index is 0.142. The van der Waals surface area contributed by atoms with Crippen molar-refractivity contribution >= 4 is 7.12 Å². The Morgan fingerprint density at radius 1 is 1.06 bits per heavy atom. The Kier molecular flexibility index (Phi) is 1.97. The van der Waals surface area contributed by atoms with Gasteiger partial charge in [-0.3, -0.25) is 0 Å². The molecule has 88 valence electrons. The molecule has 2 fully saturated rings. The van der Waals surface area contributed by atoms with E-state index in [4.69, 9.17) is 14.0 Å². The lowest BCUT2D eigenvalue weighted by atomic mass is 9.57. The molecule has 0 unspecified atom stereocenters. The Labute approximate surface area is 97.3 Å². The van der Waals surface area contributed by atoms with Crippen LogP contribution in [0, 0.1) is 5.41 Å². The van der Waals surface area contributed by atoms with E-state index < -0.39 is 0 Å². The lowest BCUT2D eigenvalue weighted by molar-refractivity contribution is -0.0918. The highest BCUT2D eigenvalue weighted by atomic mass is 16.7. The van der Waals surface area contributed by atoms with Crippen molar-refractivity contribution < 1.29 is 14.0 Å². The van der Waals surface area contributed by atoms with Crippen LogP contribution in [0.3, 0.4) is 0 Å². The first-order chi connectivity index (χ1) is 7.34. The predicted octanol–water partition coefficient (Wildman–Crippen LogP) is 1.96. The standard InChI is InChI=1S/C12H19BO3/c1-10(2)11(3,4)16-13(15-10)9-5-12(6-9)7-14-8-12/h5H,6-8H2,1-4H3. The van der Waals surface area contributed by atoms with Gasteiger partial charge in [-0.25, -0.2) is 0 Å². The summed E-state index contributed by atoms with van der Waals surface area (Å²) in [4.78, 5) is 0. The van der Waals surface area contributed by atoms with Crippen LogP contribution < -0.4 is 0 Å². The van der Waals surface area contributed by atoms with Gasteiger partial charge in [0.2, 0.25) is 0 Å². The topological polar surface area (TPSA) is 27.7 Å². The summed E-state index contributed by atoms with van der Waals surface area (Å²) >= 11 is 0. The van der Waals surface area contributed by atoms with Crippen molar-refractivity contribution in [1.82, 2.24) is 0 Å². The van der Waals surface area contributed by atoms with Gasteiger partial charge in [-0.15, -0.1) is 0 Å². The first-order valence-electron chi connectivity index (χ1n) is 5.99. The molecule has 3 nitrogen and oxygen atoms in total. The fourth-order valence-electron chi connectivity index (χ4n) is 2.47. The van der Waals surface area contributed by atoms with Crippen molar-refractivity contribution in [2.75, 3.05) is 13.2 Å². The summed E-state index contributed by atoms with van der Waals surface area (Å²) in [6, 6.07) is 0. The fraction of sp³-hybridized carbons (Fsp3) is 0.833. The van der Waals surface area contributed by atoms with Gasteiger partial charge in [0.1, 0.15) is 0 Å². The first kappa shape index (κ1) is 10.8. The van der Waals surface area contributed by atoms with E-state index in [1.807, 2.05) is 0 Å². The van der Waals surface area contributed by atoms with Crippen LogP contribution in [-0.4, -0.2) is 31.5 Å². The fourth-order valence-corrected chi connectivity index (χ4v) is 2.47. The van der Waals surface area contributed by atoms with E-state index >= 15 is 0 Å². The van der Waals surface area contributed by atoms with Crippen LogP contribution in [0.5, 0.6) is 0 Å². The zero-order valence-electron chi connectivity index (χ0n) is 10.5. The summed E-state index contributed by atoms with van der Waals surface area (Å²) in [5, 5.41) is 0. The number of allylic oxidation sites excluding steroid dienone is 1. The van der Waals surface area contributed by atoms with Gasteiger partial charge in [0, 0.05) is 5.41 Å². The van der Waals surface area contributed by atoms with Crippen LogP contribution in [0.1, 0.15) is 34.1 Å². The lowest BCUT2D eigenvalue weighted by Crippen LogP contribution is -2.49. The van der Waals surface area contributed by atoms with Crippen LogP contribution in [-0.2, 0) is 14.0 Å². The van der Waals surface area contributed by atoms with Crippen molar-refractivity contribution in [2.24, 2.45) is 5.41 Å². The van der Waals surface area contributed by atoms with Gasteiger partial charge in [0.25, 0.3) is 0 Å². The molecule has 0 saturated carbocycles. The summed E-state index contributed by atoms with van der Waals surface area (Å²) in [5.74, 6) is 0. The molecule has 16 heavy (non-hydrogen) atoms. The second-order valence-corrected chi connectivity index (χ2v) is 6.34. The zero-order valence-corrected chi connectivity index (χ0v) is 10.5. The van der Waals surface area contributed by atoms with Crippen LogP contribution in [0.2, 0.25) is 0 Å². The molecule has 3 aliphatic rings. The highest BCUT2D eigenvalue weighted by Gasteiger charge is 2.56. The molecule has 0 bridgehead atoms. The third kappa shape index (κ3) is 1.33. The number of ether oxygens (including phenoxy) is 1. The first-order valence-corrected chi connectivity index (χ1v) is 5.99. The summed E-state index contributed by atoms with van der Waals surface area (Å²) < 4.78 is 17.2. The monoisotopic (exact) mass is 222 g/mol. The van der Waals surface area contributed by atoms with Crippen molar-refractivity contribution in [3.8, 4) is 0 Å². The molecule has 0 radical (unpaired) electrons. The second-order valence-electron chi connectivity index (χ2n) is 6.34. The van der Waals surface area contributed by atoms with E-state index in [0.29, 0.717) is 5.41 Å². The maximum Gasteiger partial charge on any atom is 0.490 e. The van der Waals surface area contributed by atoms with Gasteiger partial charge >= 0.3 is 7.12 Å². The third-order valence-electron chi connectivity index (χ3n) is 4.38. The smallest absolute Gasteiger partial charge is 0.400 e. The highest BCUT2D eigenvalue weighted by Crippen LogP contribution is 2.49. The number of rotatable bonds is 1. The molecule has 0 amide bonds. The molecule has 1 aliphatic carbocycles. The van der Waals surface area contributed by atoms with Crippen LogP contribution in [0.15, 0.2) is 11.5 Å². The van der Waals surface area contributed by atoms with Crippen molar-refractivity contribution in [3.05, 3.63) is 11.5 Å². The largest absolute Gasteiger partial charge is 0.490 e. The van der Waals surface area contributed by atoms with E-state index in [2.05, 4.69) is 33.8 Å². The van der Waals surface area contributed by atoms with Crippen molar-refractivity contribution in [2.45, 2.75) is 45.3 Å². The normalized spacial score (nSPS) is 33.2. The molecule has 0 aromatic rings. The summed E-state index contributed by atoms with van der Waals surface area (Å²) in [7, 11) is -0.142. The van der Waals surface area contributed by atoms with Gasteiger partial charge in [0.15, 0.2) is 0 Å². The van der Waals surface area contributed by atoms with Crippen LogP contribution in [0.25, 0.3) is 0 Å². The summed E-state index contributed by atoms with van der Waals surface area (Å²) in [6.07, 6.45) is 3.36. The van der Waals surface area contributed by atoms with Gasteiger partial charge in [-0.1, -0.05) is 6.08 Å². The van der Waals surface area contributed by atoms with Crippen LogP contribution >= 0.6 is 0 Å². The molecular weight excluding hydrogens is 203 g/mol. The average molecular weight is 222 g/mol. The number of hydrogen-bond donors (Lipinski definition) is 0. The zero-order chi connectivity index (χ0) is 11.6. The quantitative estimate of drug-likeness (QED) is 0.635. The van der Waals surface area contributed by atoms with E-state index in [1.54, 1.807) is 0 Å². The minimum Gasteiger partial charge on any atom is -0.400 e. The van der Waals surface area contributed by atoms with Crippen LogP contribution in [0.4, 0.5) is 0 Å². The Morgan fingerprint density at radius 2 is 1.56 bits per heavy atom. The Balaban J connectivity index is 1.73. The molecule has 0 N–H and O–H groups in total. The molecule has 0 atom stereocenters. The van der Waals surface area contributed by atoms with Gasteiger partial charge in [-0.2, -0.15) is 0 Å². The van der Waals surface area contributed by atoms with Gasteiger partial charge in [0.05, 0.1) is 24.4 Å². The SMILES string of the molecule is CC1(C)OB(C2=CC3(COC3)C2)OC1(C)C. The second kappa shape index (κ2) is 2.92. The Hall–Kier alpha value is -0.315. The summed E-state index contributed by atoms with van der Waals surface area (Å²) in [6.45, 7) is 10.1. The van der Waals surface area contributed by atoms with E-state index in [9.17, 15) is 0 Å². The lowest BCUT2D eigenvalue weighted by Gasteiger charge is -2.46. The number of hydrogen-bond acceptors (Lipinski definition) is 3. The van der Waals surface area contributed by atoms with Gasteiger partial charge in [-0.05, 0) is 39.6 Å². The molecule has 2 heterocycles. The molecule has 0 aromatic carbocycles. The molecule has 4 heteroatoms. The predicted molar refractivity (Wildman–Crippen MR) is 62.0 cm³/mol. The third-order valence-corrected chi connectivity index (χ3v) is 4.38. The summed E-state index contributed by atoms with van der Waals surface area (Å²) in [5.41, 5.74) is 1.18. The molecule has 3 rings (SSSR count). The Bertz CT molecular complexity index is 339. The van der Waals surface area contributed by atoms with E-state index in [-0.39, 0.29) is 18.3 Å². The van der Waals surface area contributed by atoms with E-state index in [0.717, 1.165) is 19.6 Å². The average Bonchev–Trinajstić information content (AvgIpc) is 2.14. The Morgan fingerprint density at radius 3 is 1.94 bits per heavy atom. The molecular formula is C12H19BO3. The molecule has 2 aliphatic heterocycles. The molecule has 1 spiro atoms. The minimum atomic E-state index is -0.225. The highest BCUT2D eigenvalue weighted by molar-refractivity contribution is 6.55.